The molecule has 1 nitrogen and oxygen atoms in total. The predicted molar refractivity (Wildman–Crippen MR) is 108 cm³/mol. The second-order valence-electron chi connectivity index (χ2n) is 9.32. The SMILES string of the molecule is CCCCCC[C@]1(C#N)CC[C@@H](C2CCC(CCCCC)CC2)CC1. The minimum atomic E-state index is 0.0433. The van der Waals surface area contributed by atoms with Crippen LogP contribution in [0, 0.1) is 34.5 Å². The van der Waals surface area contributed by atoms with Gasteiger partial charge in [-0.1, -0.05) is 78.1 Å². The quantitative estimate of drug-likeness (QED) is 0.367. The van der Waals surface area contributed by atoms with Crippen LogP contribution in [0.2, 0.25) is 0 Å². The standard InChI is InChI=1S/C24H43N/c1-3-5-7-9-17-24(20-25)18-15-23(16-19-24)22-13-11-21(12-14-22)10-8-6-4-2/h21-23H,3-19H2,1-2H3/t21?,22?,23-,24+. The molecule has 0 bridgehead atoms. The molecule has 0 aromatic heterocycles. The summed E-state index contributed by atoms with van der Waals surface area (Å²) in [5, 5.41) is 9.78. The Kier molecular flexibility index (Phi) is 9.36. The van der Waals surface area contributed by atoms with Gasteiger partial charge in [-0.3, -0.25) is 0 Å². The number of unbranched alkanes of at least 4 members (excludes halogenated alkanes) is 5. The van der Waals surface area contributed by atoms with E-state index in [0.717, 1.165) is 17.8 Å². The van der Waals surface area contributed by atoms with Crippen LogP contribution in [0.25, 0.3) is 0 Å². The van der Waals surface area contributed by atoms with Gasteiger partial charge in [0, 0.05) is 0 Å². The lowest BCUT2D eigenvalue weighted by molar-refractivity contribution is 0.114. The van der Waals surface area contributed by atoms with Gasteiger partial charge in [-0.05, 0) is 62.7 Å². The first kappa shape index (κ1) is 20.8. The third-order valence-electron chi connectivity index (χ3n) is 7.51. The summed E-state index contributed by atoms with van der Waals surface area (Å²) in [5.41, 5.74) is 0.0433. The van der Waals surface area contributed by atoms with Crippen molar-refractivity contribution in [1.82, 2.24) is 0 Å². The van der Waals surface area contributed by atoms with Crippen molar-refractivity contribution in [2.45, 2.75) is 123 Å². The Hall–Kier alpha value is -0.510. The average molecular weight is 346 g/mol. The number of hydrogen-bond acceptors (Lipinski definition) is 1. The molecule has 0 heterocycles. The fraction of sp³-hybridized carbons (Fsp3) is 0.958. The Balaban J connectivity index is 1.68. The van der Waals surface area contributed by atoms with Crippen molar-refractivity contribution in [3.05, 3.63) is 0 Å². The summed E-state index contributed by atoms with van der Waals surface area (Å²) in [4.78, 5) is 0. The first-order chi connectivity index (χ1) is 12.2. The van der Waals surface area contributed by atoms with E-state index < -0.39 is 0 Å². The van der Waals surface area contributed by atoms with E-state index in [0.29, 0.717) is 0 Å². The first-order valence-electron chi connectivity index (χ1n) is 11.6. The first-order valence-corrected chi connectivity index (χ1v) is 11.6. The lowest BCUT2D eigenvalue weighted by Gasteiger charge is -2.41. The zero-order valence-electron chi connectivity index (χ0n) is 17.2. The third-order valence-corrected chi connectivity index (χ3v) is 7.51. The Bertz CT molecular complexity index is 377. The van der Waals surface area contributed by atoms with E-state index in [4.69, 9.17) is 0 Å². The molecule has 2 rings (SSSR count). The van der Waals surface area contributed by atoms with E-state index in [9.17, 15) is 5.26 Å². The zero-order chi connectivity index (χ0) is 18.0. The lowest BCUT2D eigenvalue weighted by Crippen LogP contribution is -2.31. The maximum Gasteiger partial charge on any atom is 0.0689 e. The molecule has 2 aliphatic carbocycles. The molecule has 0 atom stereocenters. The topological polar surface area (TPSA) is 23.8 Å². The fourth-order valence-corrected chi connectivity index (χ4v) is 5.60. The second kappa shape index (κ2) is 11.3. The molecule has 2 aliphatic rings. The Morgan fingerprint density at radius 3 is 1.96 bits per heavy atom. The predicted octanol–water partition coefficient (Wildman–Crippen LogP) is 8.04. The highest BCUT2D eigenvalue weighted by Crippen LogP contribution is 2.47. The van der Waals surface area contributed by atoms with Crippen molar-refractivity contribution in [3.8, 4) is 6.07 Å². The molecule has 0 unspecified atom stereocenters. The van der Waals surface area contributed by atoms with Crippen LogP contribution in [0.3, 0.4) is 0 Å². The maximum atomic E-state index is 9.78. The van der Waals surface area contributed by atoms with Gasteiger partial charge in [0.25, 0.3) is 0 Å². The molecule has 0 amide bonds. The molecular weight excluding hydrogens is 302 g/mol. The lowest BCUT2D eigenvalue weighted by atomic mass is 9.63. The zero-order valence-corrected chi connectivity index (χ0v) is 17.2. The van der Waals surface area contributed by atoms with Crippen molar-refractivity contribution in [1.29, 1.82) is 5.26 Å². The summed E-state index contributed by atoms with van der Waals surface area (Å²) in [7, 11) is 0. The second-order valence-corrected chi connectivity index (χ2v) is 9.32. The molecule has 0 radical (unpaired) electrons. The Labute approximate surface area is 158 Å². The van der Waals surface area contributed by atoms with E-state index in [1.807, 2.05) is 0 Å². The minimum absolute atomic E-state index is 0.0433. The molecule has 0 aromatic carbocycles. The van der Waals surface area contributed by atoms with E-state index >= 15 is 0 Å². The minimum Gasteiger partial charge on any atom is -0.198 e. The van der Waals surface area contributed by atoms with Crippen LogP contribution in [0.5, 0.6) is 0 Å². The summed E-state index contributed by atoms with van der Waals surface area (Å²) in [6.07, 6.45) is 23.1. The van der Waals surface area contributed by atoms with Crippen LogP contribution in [0.1, 0.15) is 123 Å². The molecule has 0 N–H and O–H groups in total. The number of hydrogen-bond donors (Lipinski definition) is 0. The Morgan fingerprint density at radius 1 is 0.760 bits per heavy atom. The Morgan fingerprint density at radius 2 is 1.36 bits per heavy atom. The summed E-state index contributed by atoms with van der Waals surface area (Å²) >= 11 is 0. The summed E-state index contributed by atoms with van der Waals surface area (Å²) in [6, 6.07) is 2.75. The number of nitrogens with zero attached hydrogens (tertiary/aromatic N) is 1. The highest BCUT2D eigenvalue weighted by molar-refractivity contribution is 5.02. The van der Waals surface area contributed by atoms with Crippen LogP contribution in [0.4, 0.5) is 0 Å². The van der Waals surface area contributed by atoms with E-state index in [1.165, 1.54) is 109 Å². The molecule has 2 fully saturated rings. The summed E-state index contributed by atoms with van der Waals surface area (Å²) in [5.74, 6) is 2.95. The fourth-order valence-electron chi connectivity index (χ4n) is 5.60. The monoisotopic (exact) mass is 345 g/mol. The third kappa shape index (κ3) is 6.62. The van der Waals surface area contributed by atoms with Crippen LogP contribution in [-0.4, -0.2) is 0 Å². The van der Waals surface area contributed by atoms with Crippen LogP contribution >= 0.6 is 0 Å². The molecule has 0 saturated heterocycles. The molecule has 0 spiro atoms. The van der Waals surface area contributed by atoms with Gasteiger partial charge in [0.15, 0.2) is 0 Å². The summed E-state index contributed by atoms with van der Waals surface area (Å²) < 4.78 is 0. The highest BCUT2D eigenvalue weighted by Gasteiger charge is 2.38. The normalized spacial score (nSPS) is 33.1. The molecule has 0 aromatic rings. The maximum absolute atomic E-state index is 9.78. The van der Waals surface area contributed by atoms with Gasteiger partial charge in [-0.15, -0.1) is 0 Å². The number of nitriles is 1. The largest absolute Gasteiger partial charge is 0.198 e. The highest BCUT2D eigenvalue weighted by atomic mass is 14.4. The molecule has 25 heavy (non-hydrogen) atoms. The van der Waals surface area contributed by atoms with Crippen LogP contribution < -0.4 is 0 Å². The van der Waals surface area contributed by atoms with Crippen molar-refractivity contribution < 1.29 is 0 Å². The van der Waals surface area contributed by atoms with Gasteiger partial charge in [0.2, 0.25) is 0 Å². The van der Waals surface area contributed by atoms with E-state index in [-0.39, 0.29) is 5.41 Å². The van der Waals surface area contributed by atoms with Crippen molar-refractivity contribution >= 4 is 0 Å². The smallest absolute Gasteiger partial charge is 0.0689 e. The van der Waals surface area contributed by atoms with Gasteiger partial charge in [-0.2, -0.15) is 5.26 Å². The molecule has 0 aliphatic heterocycles. The summed E-state index contributed by atoms with van der Waals surface area (Å²) in [6.45, 7) is 4.58. The molecular formula is C24H43N. The van der Waals surface area contributed by atoms with Crippen molar-refractivity contribution in [2.75, 3.05) is 0 Å². The van der Waals surface area contributed by atoms with Crippen LogP contribution in [0.15, 0.2) is 0 Å². The van der Waals surface area contributed by atoms with Crippen molar-refractivity contribution in [2.24, 2.45) is 23.2 Å². The van der Waals surface area contributed by atoms with Crippen LogP contribution in [-0.2, 0) is 0 Å². The van der Waals surface area contributed by atoms with E-state index in [2.05, 4.69) is 19.9 Å². The van der Waals surface area contributed by atoms with Gasteiger partial charge < -0.3 is 0 Å². The molecule has 1 heteroatoms. The van der Waals surface area contributed by atoms with E-state index in [1.54, 1.807) is 0 Å². The molecule has 2 saturated carbocycles. The average Bonchev–Trinajstić information content (AvgIpc) is 2.67. The van der Waals surface area contributed by atoms with Gasteiger partial charge in [-0.25, -0.2) is 0 Å². The van der Waals surface area contributed by atoms with Gasteiger partial charge in [0.1, 0.15) is 0 Å². The van der Waals surface area contributed by atoms with Gasteiger partial charge >= 0.3 is 0 Å². The number of rotatable bonds is 10. The molecule has 144 valence electrons. The van der Waals surface area contributed by atoms with Crippen molar-refractivity contribution in [3.63, 3.8) is 0 Å². The van der Waals surface area contributed by atoms with Gasteiger partial charge in [0.05, 0.1) is 11.5 Å².